The Morgan fingerprint density at radius 1 is 1.13 bits per heavy atom. The van der Waals surface area contributed by atoms with Crippen LogP contribution in [-0.2, 0) is 37.4 Å². The average molecular weight is 761 g/mol. The van der Waals surface area contributed by atoms with E-state index in [1.54, 1.807) is 26.1 Å². The zero-order chi connectivity index (χ0) is 38.5. The average Bonchev–Trinajstić information content (AvgIpc) is 3.88. The van der Waals surface area contributed by atoms with Gasteiger partial charge in [0.05, 0.1) is 16.2 Å². The number of rotatable bonds is 5. The van der Waals surface area contributed by atoms with E-state index in [4.69, 9.17) is 4.74 Å². The largest absolute Gasteiger partial charge is 0.444 e. The van der Waals surface area contributed by atoms with Gasteiger partial charge in [-0.05, 0) is 77.8 Å². The number of urea groups is 1. The normalized spacial score (nSPS) is 28.9. The molecule has 0 aromatic heterocycles. The predicted molar refractivity (Wildman–Crippen MR) is 190 cm³/mol. The molecule has 17 heteroatoms. The van der Waals surface area contributed by atoms with Crippen LogP contribution in [0.15, 0.2) is 30.4 Å². The SMILES string of the molecule is CN(C(=O)N[C@H]1CCCCC/C=C\[C@@H]2C[C@@]2(C(=O)NS(=O)(=O)C2(C)CC2)NC(=O)[C@@H]2C[C@@H](OC(=O)N3Cc4cccc(F)c4C3)CN2[N+]1=O)C(C)(C)C. The van der Waals surface area contributed by atoms with Crippen LogP contribution in [-0.4, -0.2) is 99.8 Å². The van der Waals surface area contributed by atoms with Crippen LogP contribution in [0.1, 0.15) is 96.6 Å². The molecule has 5 amide bonds. The summed E-state index contributed by atoms with van der Waals surface area (Å²) in [5.41, 5.74) is -1.09. The molecule has 5 aliphatic rings. The summed E-state index contributed by atoms with van der Waals surface area (Å²) in [6.07, 6.45) is 4.78. The van der Waals surface area contributed by atoms with Crippen molar-refractivity contribution in [3.05, 3.63) is 52.2 Å². The molecule has 6 rings (SSSR count). The molecule has 3 heterocycles. The Balaban J connectivity index is 1.27. The minimum atomic E-state index is -4.02. The molecule has 290 valence electrons. The van der Waals surface area contributed by atoms with E-state index in [1.165, 1.54) is 20.9 Å². The van der Waals surface area contributed by atoms with E-state index in [-0.39, 0.29) is 38.9 Å². The van der Waals surface area contributed by atoms with Gasteiger partial charge in [-0.2, -0.15) is 0 Å². The molecule has 3 fully saturated rings. The van der Waals surface area contributed by atoms with E-state index in [0.29, 0.717) is 41.7 Å². The predicted octanol–water partition coefficient (Wildman–Crippen LogP) is 3.57. The topological polar surface area (TPSA) is 178 Å². The van der Waals surface area contributed by atoms with Crippen LogP contribution in [0.4, 0.5) is 14.0 Å². The molecular formula is C36H51FN7O8S+. The highest BCUT2D eigenvalue weighted by Crippen LogP contribution is 2.47. The van der Waals surface area contributed by atoms with Gasteiger partial charge in [-0.15, -0.1) is 5.01 Å². The van der Waals surface area contributed by atoms with Gasteiger partial charge in [0.15, 0.2) is 6.04 Å². The minimum Gasteiger partial charge on any atom is -0.444 e. The molecule has 2 aliphatic carbocycles. The molecule has 0 bridgehead atoms. The summed E-state index contributed by atoms with van der Waals surface area (Å²) in [6, 6.07) is 2.87. The Kier molecular flexibility index (Phi) is 10.3. The quantitative estimate of drug-likeness (QED) is 0.299. The van der Waals surface area contributed by atoms with Crippen molar-refractivity contribution in [2.45, 2.75) is 133 Å². The number of fused-ring (bicyclic) bond motifs is 3. The number of sulfonamides is 1. The smallest absolute Gasteiger partial charge is 0.410 e. The molecule has 1 aromatic rings. The van der Waals surface area contributed by atoms with E-state index in [2.05, 4.69) is 15.4 Å². The molecule has 0 spiro atoms. The van der Waals surface area contributed by atoms with Crippen LogP contribution >= 0.6 is 0 Å². The number of amides is 5. The Morgan fingerprint density at radius 3 is 2.55 bits per heavy atom. The molecule has 53 heavy (non-hydrogen) atoms. The molecular weight excluding hydrogens is 710 g/mol. The number of halogens is 1. The molecule has 0 radical (unpaired) electrons. The molecule has 2 saturated carbocycles. The maximum absolute atomic E-state index is 14.4. The van der Waals surface area contributed by atoms with Gasteiger partial charge < -0.3 is 15.0 Å². The number of nitrogens with one attached hydrogen (secondary N) is 3. The molecule has 1 aromatic carbocycles. The number of nitrogens with zero attached hydrogens (tertiary/aromatic N) is 4. The van der Waals surface area contributed by atoms with Crippen LogP contribution in [0, 0.1) is 16.6 Å². The number of nitroso groups, excluding NO2 is 1. The van der Waals surface area contributed by atoms with Crippen LogP contribution in [0.3, 0.4) is 0 Å². The number of hydrogen-bond donors (Lipinski definition) is 3. The second kappa shape index (κ2) is 14.2. The van der Waals surface area contributed by atoms with Crippen molar-refractivity contribution in [3.8, 4) is 0 Å². The van der Waals surface area contributed by atoms with Crippen molar-refractivity contribution in [2.24, 2.45) is 5.92 Å². The maximum atomic E-state index is 14.4. The Labute approximate surface area is 309 Å². The van der Waals surface area contributed by atoms with Crippen LogP contribution in [0.5, 0.6) is 0 Å². The fraction of sp³-hybridized carbons (Fsp3) is 0.667. The van der Waals surface area contributed by atoms with Crippen molar-refractivity contribution >= 4 is 34.0 Å². The summed E-state index contributed by atoms with van der Waals surface area (Å²) in [5.74, 6) is -2.49. The van der Waals surface area contributed by atoms with Gasteiger partial charge in [-0.3, -0.25) is 24.5 Å². The van der Waals surface area contributed by atoms with E-state index in [9.17, 15) is 36.9 Å². The third-order valence-electron chi connectivity index (χ3n) is 11.4. The Morgan fingerprint density at radius 2 is 1.87 bits per heavy atom. The zero-order valence-corrected chi connectivity index (χ0v) is 31.8. The third-order valence-corrected chi connectivity index (χ3v) is 13.6. The maximum Gasteiger partial charge on any atom is 0.410 e. The first-order valence-electron chi connectivity index (χ1n) is 18.4. The second-order valence-corrected chi connectivity index (χ2v) is 18.5. The first-order valence-corrected chi connectivity index (χ1v) is 19.9. The van der Waals surface area contributed by atoms with Gasteiger partial charge in [0, 0.05) is 43.5 Å². The highest BCUT2D eigenvalue weighted by molar-refractivity contribution is 7.91. The number of hydrogen-bond acceptors (Lipinski definition) is 8. The van der Waals surface area contributed by atoms with Gasteiger partial charge in [0.2, 0.25) is 15.9 Å². The lowest BCUT2D eigenvalue weighted by Crippen LogP contribution is -2.60. The first kappa shape index (κ1) is 38.4. The summed E-state index contributed by atoms with van der Waals surface area (Å²) in [6.45, 7) is 7.04. The van der Waals surface area contributed by atoms with Crippen molar-refractivity contribution in [2.75, 3.05) is 13.6 Å². The van der Waals surface area contributed by atoms with Gasteiger partial charge >= 0.3 is 18.3 Å². The molecule has 15 nitrogen and oxygen atoms in total. The summed E-state index contributed by atoms with van der Waals surface area (Å²) in [5, 5.41) is 6.83. The molecule has 0 unspecified atom stereocenters. The summed E-state index contributed by atoms with van der Waals surface area (Å²) >= 11 is 0. The van der Waals surface area contributed by atoms with E-state index >= 15 is 0 Å². The number of carbonyl (C=O) groups excluding carboxylic acids is 4. The lowest BCUT2D eigenvalue weighted by Gasteiger charge is -2.32. The lowest BCUT2D eigenvalue weighted by atomic mass is 10.1. The molecule has 1 saturated heterocycles. The van der Waals surface area contributed by atoms with Gasteiger partial charge in [0.1, 0.15) is 28.9 Å². The van der Waals surface area contributed by atoms with Gasteiger partial charge in [-0.25, -0.2) is 22.4 Å². The fourth-order valence-electron chi connectivity index (χ4n) is 7.12. The Bertz CT molecular complexity index is 1810. The van der Waals surface area contributed by atoms with Crippen molar-refractivity contribution in [3.63, 3.8) is 0 Å². The molecule has 5 atom stereocenters. The number of carbonyl (C=O) groups is 4. The first-order chi connectivity index (χ1) is 24.8. The number of hydrazine groups is 1. The standard InChI is InChI=1S/C36H50FN7O8S/c1-34(2,3)41(5)32(47)38-29-15-10-8-6-7-9-13-24-19-36(24,31(46)40-53(50,51)35(4)16-17-35)39-30(45)28-18-25(21-43(28)44(29)49)52-33(48)42-20-23-12-11-14-27(37)26(23)22-42/h9,11-14,24-25,28-29H,6-8,10,15-22H2,1-5H3,(H2-,38,39,40,45,46,47)/p+1/b13-9-/t24-,25-,28+,29-,36-/m1/s1. The van der Waals surface area contributed by atoms with Crippen molar-refractivity contribution < 1.29 is 41.6 Å². The van der Waals surface area contributed by atoms with Crippen molar-refractivity contribution in [1.82, 2.24) is 30.2 Å². The van der Waals surface area contributed by atoms with E-state index < -0.39 is 79.8 Å². The Hall–Kier alpha value is -4.28. The van der Waals surface area contributed by atoms with Gasteiger partial charge in [-0.1, -0.05) is 30.7 Å². The highest BCUT2D eigenvalue weighted by atomic mass is 32.2. The van der Waals surface area contributed by atoms with Gasteiger partial charge in [0.25, 0.3) is 5.91 Å². The second-order valence-electron chi connectivity index (χ2n) is 16.3. The number of allylic oxidation sites excluding steroid dienone is 1. The monoisotopic (exact) mass is 760 g/mol. The van der Waals surface area contributed by atoms with E-state index in [0.717, 1.165) is 12.8 Å². The highest BCUT2D eigenvalue weighted by Gasteiger charge is 2.63. The fourth-order valence-corrected chi connectivity index (χ4v) is 8.43. The molecule has 3 N–H and O–H groups in total. The van der Waals surface area contributed by atoms with Crippen LogP contribution in [0.25, 0.3) is 0 Å². The van der Waals surface area contributed by atoms with Crippen molar-refractivity contribution in [1.29, 1.82) is 0 Å². The number of ether oxygens (including phenoxy) is 1. The summed E-state index contributed by atoms with van der Waals surface area (Å²) < 4.78 is 47.6. The van der Waals surface area contributed by atoms with E-state index in [1.807, 2.05) is 32.9 Å². The zero-order valence-electron chi connectivity index (χ0n) is 31.0. The summed E-state index contributed by atoms with van der Waals surface area (Å²) in [4.78, 5) is 72.5. The molecule has 3 aliphatic heterocycles. The minimum absolute atomic E-state index is 0.00123. The summed E-state index contributed by atoms with van der Waals surface area (Å²) in [7, 11) is -2.40. The van der Waals surface area contributed by atoms with Crippen LogP contribution in [0.2, 0.25) is 0 Å². The number of benzene rings is 1. The third kappa shape index (κ3) is 7.85. The van der Waals surface area contributed by atoms with Crippen LogP contribution < -0.4 is 15.4 Å². The lowest BCUT2D eigenvalue weighted by molar-refractivity contribution is -0.739.